The van der Waals surface area contributed by atoms with Crippen LogP contribution in [0.3, 0.4) is 0 Å². The summed E-state index contributed by atoms with van der Waals surface area (Å²) in [7, 11) is 3.68. The van der Waals surface area contributed by atoms with Gasteiger partial charge in [-0.25, -0.2) is 0 Å². The van der Waals surface area contributed by atoms with Gasteiger partial charge in [-0.1, -0.05) is 66.7 Å². The molecule has 1 N–H and O–H groups in total. The molecule has 5 aromatic rings. The third kappa shape index (κ3) is 6.06. The zero-order valence-corrected chi connectivity index (χ0v) is 29.0. The molecule has 0 fully saturated rings. The minimum absolute atomic E-state index is 0.00451. The van der Waals surface area contributed by atoms with Crippen molar-refractivity contribution in [1.29, 1.82) is 0 Å². The van der Waals surface area contributed by atoms with Crippen molar-refractivity contribution in [2.24, 2.45) is 7.05 Å². The van der Waals surface area contributed by atoms with Crippen LogP contribution in [0.4, 0.5) is 5.69 Å². The van der Waals surface area contributed by atoms with E-state index in [2.05, 4.69) is 25.1 Å². The van der Waals surface area contributed by atoms with E-state index in [0.29, 0.717) is 30.8 Å². The largest absolute Gasteiger partial charge is 0.508 e. The van der Waals surface area contributed by atoms with Crippen LogP contribution in [-0.2, 0) is 42.4 Å². The van der Waals surface area contributed by atoms with Crippen molar-refractivity contribution in [2.75, 3.05) is 18.5 Å². The highest BCUT2D eigenvalue weighted by Crippen LogP contribution is 2.37. The number of aromatic hydroxyl groups is 1. The molecule has 3 amide bonds. The molecule has 2 atom stereocenters. The fourth-order valence-corrected chi connectivity index (χ4v) is 7.49. The lowest BCUT2D eigenvalue weighted by molar-refractivity contribution is -0.148. The third-order valence-electron chi connectivity index (χ3n) is 10.5. The number of fused-ring (bicyclic) bond motifs is 2. The Bertz CT molecular complexity index is 2090. The smallest absolute Gasteiger partial charge is 0.259 e. The molecule has 0 aliphatic carbocycles. The lowest BCUT2D eigenvalue weighted by Gasteiger charge is -2.42. The van der Waals surface area contributed by atoms with Crippen LogP contribution < -0.4 is 4.90 Å². The summed E-state index contributed by atoms with van der Waals surface area (Å²) in [5.74, 6) is -0.123. The molecule has 8 nitrogen and oxygen atoms in total. The SMILES string of the molecule is Cc1c(C(=O)N(C)c2ccc(O)cc2)cc(-c2ccc3c(c2)CCN(C(=O)Cc2ccccc2)C3C(=O)N2Cc3ccccc3C[C@H]2C)n1C. The van der Waals surface area contributed by atoms with Crippen LogP contribution in [0.15, 0.2) is 103 Å². The monoisotopic (exact) mass is 666 g/mol. The molecule has 50 heavy (non-hydrogen) atoms. The summed E-state index contributed by atoms with van der Waals surface area (Å²) in [4.78, 5) is 47.6. The molecule has 0 radical (unpaired) electrons. The quantitative estimate of drug-likeness (QED) is 0.221. The van der Waals surface area contributed by atoms with Crippen LogP contribution in [0, 0.1) is 6.92 Å². The maximum Gasteiger partial charge on any atom is 0.259 e. The van der Waals surface area contributed by atoms with Gasteiger partial charge in [-0.15, -0.1) is 0 Å². The molecule has 2 aliphatic rings. The molecular formula is C42H42N4O4. The molecule has 0 spiro atoms. The second kappa shape index (κ2) is 13.3. The van der Waals surface area contributed by atoms with E-state index in [1.807, 2.05) is 84.1 Å². The van der Waals surface area contributed by atoms with Gasteiger partial charge in [0.05, 0.1) is 12.0 Å². The third-order valence-corrected chi connectivity index (χ3v) is 10.5. The van der Waals surface area contributed by atoms with Crippen LogP contribution in [0.2, 0.25) is 0 Å². The summed E-state index contributed by atoms with van der Waals surface area (Å²) in [6, 6.07) is 31.9. The lowest BCUT2D eigenvalue weighted by atomic mass is 9.87. The van der Waals surface area contributed by atoms with Crippen molar-refractivity contribution in [3.8, 4) is 17.0 Å². The molecule has 2 aliphatic heterocycles. The molecule has 1 unspecified atom stereocenters. The van der Waals surface area contributed by atoms with Crippen molar-refractivity contribution in [3.05, 3.63) is 142 Å². The van der Waals surface area contributed by atoms with E-state index in [-0.39, 0.29) is 35.9 Å². The van der Waals surface area contributed by atoms with Crippen LogP contribution in [0.5, 0.6) is 5.75 Å². The first-order chi connectivity index (χ1) is 24.1. The first kappa shape index (κ1) is 32.9. The van der Waals surface area contributed by atoms with E-state index in [0.717, 1.165) is 45.6 Å². The van der Waals surface area contributed by atoms with Crippen LogP contribution >= 0.6 is 0 Å². The fraction of sp³-hybridized carbons (Fsp3) is 0.262. The topological polar surface area (TPSA) is 86.1 Å². The first-order valence-corrected chi connectivity index (χ1v) is 17.2. The maximum absolute atomic E-state index is 14.7. The molecule has 0 bridgehead atoms. The maximum atomic E-state index is 14.7. The number of phenols is 1. The van der Waals surface area contributed by atoms with Gasteiger partial charge in [0, 0.05) is 50.3 Å². The van der Waals surface area contributed by atoms with Crippen LogP contribution in [-0.4, -0.2) is 56.8 Å². The summed E-state index contributed by atoms with van der Waals surface area (Å²) in [5, 5.41) is 9.70. The van der Waals surface area contributed by atoms with Gasteiger partial charge in [0.15, 0.2) is 0 Å². The Balaban J connectivity index is 1.23. The number of rotatable bonds is 6. The molecule has 0 saturated heterocycles. The highest BCUT2D eigenvalue weighted by Gasteiger charge is 2.40. The average Bonchev–Trinajstić information content (AvgIpc) is 3.43. The predicted octanol–water partition coefficient (Wildman–Crippen LogP) is 6.62. The van der Waals surface area contributed by atoms with Gasteiger partial charge in [-0.2, -0.15) is 0 Å². The number of hydrogen-bond donors (Lipinski definition) is 1. The van der Waals surface area contributed by atoms with E-state index in [9.17, 15) is 19.5 Å². The summed E-state index contributed by atoms with van der Waals surface area (Å²) < 4.78 is 2.02. The molecule has 7 rings (SSSR count). The van der Waals surface area contributed by atoms with Gasteiger partial charge in [0.1, 0.15) is 11.8 Å². The van der Waals surface area contributed by atoms with Gasteiger partial charge in [0.2, 0.25) is 5.91 Å². The molecular weight excluding hydrogens is 624 g/mol. The number of carbonyl (C=O) groups is 3. The zero-order valence-electron chi connectivity index (χ0n) is 29.0. The Labute approximate surface area is 293 Å². The lowest BCUT2D eigenvalue weighted by Crippen LogP contribution is -2.52. The Morgan fingerprint density at radius 1 is 0.840 bits per heavy atom. The number of hydrogen-bond acceptors (Lipinski definition) is 4. The number of benzene rings is 4. The second-order valence-electron chi connectivity index (χ2n) is 13.6. The fourth-order valence-electron chi connectivity index (χ4n) is 7.49. The highest BCUT2D eigenvalue weighted by atomic mass is 16.3. The van der Waals surface area contributed by atoms with E-state index in [1.54, 1.807) is 41.1 Å². The number of phenolic OH excluding ortho intramolecular Hbond substituents is 1. The minimum atomic E-state index is -0.733. The van der Waals surface area contributed by atoms with Crippen LogP contribution in [0.25, 0.3) is 11.3 Å². The average molecular weight is 667 g/mol. The normalized spacial score (nSPS) is 16.8. The predicted molar refractivity (Wildman–Crippen MR) is 195 cm³/mol. The van der Waals surface area contributed by atoms with E-state index >= 15 is 0 Å². The number of amides is 3. The number of anilines is 1. The minimum Gasteiger partial charge on any atom is -0.508 e. The summed E-state index contributed by atoms with van der Waals surface area (Å²) in [6.45, 7) is 4.97. The van der Waals surface area contributed by atoms with Crippen LogP contribution in [0.1, 0.15) is 56.8 Å². The van der Waals surface area contributed by atoms with E-state index < -0.39 is 6.04 Å². The van der Waals surface area contributed by atoms with E-state index in [1.165, 1.54) is 5.56 Å². The summed E-state index contributed by atoms with van der Waals surface area (Å²) in [6.07, 6.45) is 1.62. The standard InChI is InChI=1S/C42H42N4O4/c1-27-22-30-12-8-9-13-33(30)26-46(27)42(50)40-36-19-14-32(24-31(36)20-21-45(40)39(48)23-29-10-6-5-7-11-29)38-25-37(28(2)43(38)3)41(49)44(4)34-15-17-35(47)18-16-34/h5-19,24-25,27,40,47H,20-23,26H2,1-4H3/t27-,40?/m1/s1. The highest BCUT2D eigenvalue weighted by molar-refractivity contribution is 6.07. The summed E-state index contributed by atoms with van der Waals surface area (Å²) >= 11 is 0. The molecule has 0 saturated carbocycles. The first-order valence-electron chi connectivity index (χ1n) is 17.2. The molecule has 4 aromatic carbocycles. The van der Waals surface area contributed by atoms with Gasteiger partial charge in [0.25, 0.3) is 11.8 Å². The Hall–Kier alpha value is -5.63. The van der Waals surface area contributed by atoms with E-state index in [4.69, 9.17) is 0 Å². The van der Waals surface area contributed by atoms with Gasteiger partial charge < -0.3 is 24.4 Å². The Morgan fingerprint density at radius 2 is 1.54 bits per heavy atom. The van der Waals surface area contributed by atoms with Crippen molar-refractivity contribution in [1.82, 2.24) is 14.4 Å². The van der Waals surface area contributed by atoms with Gasteiger partial charge >= 0.3 is 0 Å². The molecule has 254 valence electrons. The zero-order chi connectivity index (χ0) is 35.1. The van der Waals surface area contributed by atoms with Crippen molar-refractivity contribution in [2.45, 2.75) is 51.7 Å². The van der Waals surface area contributed by atoms with Crippen molar-refractivity contribution < 1.29 is 19.5 Å². The molecule has 3 heterocycles. The van der Waals surface area contributed by atoms with Gasteiger partial charge in [-0.05, 0) is 96.5 Å². The van der Waals surface area contributed by atoms with Crippen molar-refractivity contribution in [3.63, 3.8) is 0 Å². The number of carbonyl (C=O) groups excluding carboxylic acids is 3. The Morgan fingerprint density at radius 3 is 2.28 bits per heavy atom. The van der Waals surface area contributed by atoms with Gasteiger partial charge in [-0.3, -0.25) is 14.4 Å². The second-order valence-corrected chi connectivity index (χ2v) is 13.6. The Kier molecular flexibility index (Phi) is 8.78. The summed E-state index contributed by atoms with van der Waals surface area (Å²) in [5.41, 5.74) is 9.14. The molecule has 1 aromatic heterocycles. The number of nitrogens with zero attached hydrogens (tertiary/aromatic N) is 4. The van der Waals surface area contributed by atoms with Crippen molar-refractivity contribution >= 4 is 23.4 Å². The number of aromatic nitrogens is 1. The molecule has 8 heteroatoms.